The molecule has 0 radical (unpaired) electrons. The Kier molecular flexibility index (Phi) is 65.2. The summed E-state index contributed by atoms with van der Waals surface area (Å²) in [4.78, 5) is 72.8. The Balaban J connectivity index is 5.26. The van der Waals surface area contributed by atoms with Gasteiger partial charge in [0.1, 0.15) is 19.3 Å². The van der Waals surface area contributed by atoms with Crippen molar-refractivity contribution in [2.45, 2.75) is 407 Å². The number of unbranched alkanes of at least 4 members (excludes halogenated alkanes) is 41. The zero-order valence-corrected chi connectivity index (χ0v) is 63.9. The third kappa shape index (κ3) is 69.0. The van der Waals surface area contributed by atoms with E-state index in [-0.39, 0.29) is 25.7 Å². The lowest BCUT2D eigenvalue weighted by Gasteiger charge is -2.21. The topological polar surface area (TPSA) is 237 Å². The first-order valence-corrected chi connectivity index (χ1v) is 42.4. The van der Waals surface area contributed by atoms with E-state index in [1.807, 2.05) is 0 Å². The predicted octanol–water partition coefficient (Wildman–Crippen LogP) is 22.2. The van der Waals surface area contributed by atoms with Crippen LogP contribution in [0.25, 0.3) is 0 Å². The fraction of sp³-hybridized carbons (Fsp3) is 0.947. The van der Waals surface area contributed by atoms with Crippen LogP contribution in [0, 0.1) is 17.8 Å². The Labute approximate surface area is 581 Å². The molecule has 6 atom stereocenters. The number of carbonyl (C=O) groups is 4. The minimum absolute atomic E-state index is 0.107. The van der Waals surface area contributed by atoms with Crippen LogP contribution in [0.3, 0.4) is 0 Å². The van der Waals surface area contributed by atoms with Crippen LogP contribution >= 0.6 is 15.6 Å². The van der Waals surface area contributed by atoms with Crippen LogP contribution < -0.4 is 0 Å². The van der Waals surface area contributed by atoms with E-state index in [9.17, 15) is 43.2 Å². The van der Waals surface area contributed by atoms with E-state index in [4.69, 9.17) is 37.0 Å². The number of aliphatic hydroxyl groups excluding tert-OH is 1. The van der Waals surface area contributed by atoms with Crippen molar-refractivity contribution in [1.82, 2.24) is 0 Å². The number of hydrogen-bond acceptors (Lipinski definition) is 15. The number of phosphoric acid groups is 2. The van der Waals surface area contributed by atoms with Crippen molar-refractivity contribution in [3.63, 3.8) is 0 Å². The second kappa shape index (κ2) is 66.6. The van der Waals surface area contributed by atoms with Gasteiger partial charge in [-0.05, 0) is 43.4 Å². The lowest BCUT2D eigenvalue weighted by Crippen LogP contribution is -2.30. The van der Waals surface area contributed by atoms with Gasteiger partial charge in [-0.2, -0.15) is 0 Å². The Morgan fingerprint density at radius 3 is 0.800 bits per heavy atom. The normalized spacial score (nSPS) is 14.4. The molecule has 0 amide bonds. The van der Waals surface area contributed by atoms with Crippen molar-refractivity contribution in [2.75, 3.05) is 39.6 Å². The summed E-state index contributed by atoms with van der Waals surface area (Å²) in [6.45, 7) is 11.9. The molecule has 0 heterocycles. The fourth-order valence-corrected chi connectivity index (χ4v) is 13.1. The first-order valence-electron chi connectivity index (χ1n) is 39.4. The predicted molar refractivity (Wildman–Crippen MR) is 386 cm³/mol. The van der Waals surface area contributed by atoms with Crippen LogP contribution in [-0.4, -0.2) is 96.7 Å². The van der Waals surface area contributed by atoms with Gasteiger partial charge in [-0.25, -0.2) is 9.13 Å². The minimum Gasteiger partial charge on any atom is -0.462 e. The highest BCUT2D eigenvalue weighted by Crippen LogP contribution is 2.45. The summed E-state index contributed by atoms with van der Waals surface area (Å²) in [5, 5.41) is 10.6. The molecule has 0 saturated carbocycles. The molecule has 17 nitrogen and oxygen atoms in total. The van der Waals surface area contributed by atoms with Gasteiger partial charge in [0, 0.05) is 25.7 Å². The van der Waals surface area contributed by atoms with E-state index in [0.29, 0.717) is 25.7 Å². The van der Waals surface area contributed by atoms with Crippen molar-refractivity contribution in [2.24, 2.45) is 17.8 Å². The molecule has 0 aliphatic heterocycles. The van der Waals surface area contributed by atoms with Gasteiger partial charge < -0.3 is 33.8 Å². The number of carbonyl (C=O) groups excluding carboxylic acids is 4. The largest absolute Gasteiger partial charge is 0.472 e. The van der Waals surface area contributed by atoms with E-state index < -0.39 is 97.5 Å². The number of hydrogen-bond donors (Lipinski definition) is 3. The van der Waals surface area contributed by atoms with Crippen LogP contribution in [-0.2, 0) is 65.4 Å². The van der Waals surface area contributed by atoms with Gasteiger partial charge in [-0.1, -0.05) is 337 Å². The highest BCUT2D eigenvalue weighted by Gasteiger charge is 2.30. The van der Waals surface area contributed by atoms with Gasteiger partial charge in [0.25, 0.3) is 0 Å². The number of rotatable bonds is 74. The molecule has 0 aliphatic rings. The van der Waals surface area contributed by atoms with Crippen molar-refractivity contribution in [1.29, 1.82) is 0 Å². The molecule has 0 fully saturated rings. The first-order chi connectivity index (χ1) is 45.8. The van der Waals surface area contributed by atoms with Gasteiger partial charge in [0.05, 0.1) is 26.4 Å². The first kappa shape index (κ1) is 93.1. The highest BCUT2D eigenvalue weighted by molar-refractivity contribution is 7.47. The second-order valence-corrected chi connectivity index (χ2v) is 31.5. The minimum atomic E-state index is -4.96. The molecule has 95 heavy (non-hydrogen) atoms. The monoisotopic (exact) mass is 1400 g/mol. The molecule has 0 rings (SSSR count). The lowest BCUT2D eigenvalue weighted by atomic mass is 10.00. The molecule has 0 bridgehead atoms. The molecular weight excluding hydrogens is 1250 g/mol. The standard InChI is InChI=1S/C76H148O17P2/c1-8-10-11-12-13-14-15-18-26-31-36-45-52-59-76(81)93-72(64-87-74(79)58-51-44-39-38-42-49-56-69(7)9-2)66-91-95(84,85)89-62-70(77)61-88-94(82,83)90-65-71(63-86-73(78)57-50-43-35-30-25-22-21-24-29-34-41-48-55-68(5)6)92-75(80)60-53-46-37-32-27-20-17-16-19-23-28-33-40-47-54-67(3)4/h67-72,77H,8-66H2,1-7H3,(H,82,83)(H,84,85)/t69?,70-,71-,72-/m1/s1. The highest BCUT2D eigenvalue weighted by atomic mass is 31.2. The molecule has 0 aromatic heterocycles. The van der Waals surface area contributed by atoms with Gasteiger partial charge in [-0.15, -0.1) is 0 Å². The molecule has 19 heteroatoms. The van der Waals surface area contributed by atoms with Crippen LogP contribution in [0.15, 0.2) is 0 Å². The summed E-state index contributed by atoms with van der Waals surface area (Å²) in [7, 11) is -9.91. The average Bonchev–Trinajstić information content (AvgIpc) is 1.63. The van der Waals surface area contributed by atoms with Crippen molar-refractivity contribution in [3.05, 3.63) is 0 Å². The molecule has 3 N–H and O–H groups in total. The maximum absolute atomic E-state index is 13.1. The Morgan fingerprint density at radius 1 is 0.305 bits per heavy atom. The Morgan fingerprint density at radius 2 is 0.537 bits per heavy atom. The maximum Gasteiger partial charge on any atom is 0.472 e. The molecule has 3 unspecified atom stereocenters. The van der Waals surface area contributed by atoms with Gasteiger partial charge >= 0.3 is 39.5 Å². The Hall–Kier alpha value is -1.94. The van der Waals surface area contributed by atoms with Gasteiger partial charge in [-0.3, -0.25) is 37.3 Å². The SMILES string of the molecule is CCCCCCCCCCCCCCCC(=O)O[C@H](COC(=O)CCCCCCCCC(C)CC)COP(=O)(O)OC[C@H](O)COP(=O)(O)OC[C@@H](COC(=O)CCCCCCCCCCCCCCC(C)C)OC(=O)CCCCCCCCCCCCCCCCC(C)C. The van der Waals surface area contributed by atoms with E-state index in [0.717, 1.165) is 114 Å². The van der Waals surface area contributed by atoms with E-state index in [1.54, 1.807) is 0 Å². The molecule has 0 aliphatic carbocycles. The fourth-order valence-electron chi connectivity index (χ4n) is 11.6. The van der Waals surface area contributed by atoms with Crippen LogP contribution in [0.2, 0.25) is 0 Å². The zero-order chi connectivity index (χ0) is 70.1. The van der Waals surface area contributed by atoms with Crippen molar-refractivity contribution < 1.29 is 80.2 Å². The second-order valence-electron chi connectivity index (χ2n) is 28.6. The molecule has 0 aromatic rings. The van der Waals surface area contributed by atoms with Gasteiger partial charge in [0.2, 0.25) is 0 Å². The quantitative estimate of drug-likeness (QED) is 0.0222. The number of esters is 4. The zero-order valence-electron chi connectivity index (χ0n) is 62.1. The Bertz CT molecular complexity index is 1850. The number of phosphoric ester groups is 2. The van der Waals surface area contributed by atoms with Crippen molar-refractivity contribution >= 4 is 39.5 Å². The molecule has 0 aromatic carbocycles. The van der Waals surface area contributed by atoms with Crippen LogP contribution in [0.1, 0.15) is 389 Å². The molecule has 0 spiro atoms. The molecular formula is C76H148O17P2. The summed E-state index contributed by atoms with van der Waals surface area (Å²) >= 11 is 0. The van der Waals surface area contributed by atoms with Crippen LogP contribution in [0.5, 0.6) is 0 Å². The van der Waals surface area contributed by atoms with E-state index in [1.165, 1.54) is 193 Å². The van der Waals surface area contributed by atoms with Crippen molar-refractivity contribution in [3.8, 4) is 0 Å². The summed E-state index contributed by atoms with van der Waals surface area (Å²) < 4.78 is 68.5. The maximum atomic E-state index is 13.1. The summed E-state index contributed by atoms with van der Waals surface area (Å²) in [6.07, 6.45) is 52.6. The lowest BCUT2D eigenvalue weighted by molar-refractivity contribution is -0.161. The third-order valence-electron chi connectivity index (χ3n) is 18.0. The smallest absolute Gasteiger partial charge is 0.462 e. The molecule has 0 saturated heterocycles. The number of ether oxygens (including phenoxy) is 4. The van der Waals surface area contributed by atoms with E-state index >= 15 is 0 Å². The van der Waals surface area contributed by atoms with Crippen LogP contribution in [0.4, 0.5) is 0 Å². The third-order valence-corrected chi connectivity index (χ3v) is 19.9. The summed E-state index contributed by atoms with van der Waals surface area (Å²) in [5.41, 5.74) is 0. The van der Waals surface area contributed by atoms with Gasteiger partial charge in [0.15, 0.2) is 12.2 Å². The average molecular weight is 1400 g/mol. The van der Waals surface area contributed by atoms with E-state index in [2.05, 4.69) is 48.5 Å². The summed E-state index contributed by atoms with van der Waals surface area (Å²) in [6, 6.07) is 0. The molecule has 564 valence electrons. The summed E-state index contributed by atoms with van der Waals surface area (Å²) in [5.74, 6) is 0.191. The number of aliphatic hydroxyl groups is 1.